The molecule has 16 heavy (non-hydrogen) atoms. The van der Waals surface area contributed by atoms with E-state index in [-0.39, 0.29) is 11.6 Å². The fraction of sp³-hybridized carbons (Fsp3) is 0.917. The second-order valence-electron chi connectivity index (χ2n) is 5.25. The number of nitrogens with one attached hydrogen (secondary N) is 1. The minimum atomic E-state index is -0.360. The first-order valence-electron chi connectivity index (χ1n) is 6.00. The molecule has 0 aromatic heterocycles. The minimum absolute atomic E-state index is 0.103. The zero-order chi connectivity index (χ0) is 12.0. The van der Waals surface area contributed by atoms with Gasteiger partial charge >= 0.3 is 5.97 Å². The van der Waals surface area contributed by atoms with Crippen molar-refractivity contribution in [2.45, 2.75) is 51.7 Å². The number of ether oxygens (including phenoxy) is 1. The lowest BCUT2D eigenvalue weighted by atomic mass is 10.1. The molecule has 1 rings (SSSR count). The summed E-state index contributed by atoms with van der Waals surface area (Å²) < 4.78 is 5.25. The molecule has 0 spiro atoms. The zero-order valence-corrected chi connectivity index (χ0v) is 11.4. The lowest BCUT2D eigenvalue weighted by molar-refractivity contribution is -0.151. The molecule has 1 saturated heterocycles. The molecule has 4 heteroatoms. The van der Waals surface area contributed by atoms with Crippen LogP contribution in [0.25, 0.3) is 0 Å². The van der Waals surface area contributed by atoms with Gasteiger partial charge in [0, 0.05) is 11.8 Å². The number of hydrogen-bond acceptors (Lipinski definition) is 4. The monoisotopic (exact) mass is 245 g/mol. The number of hydrogen-bond donors (Lipinski definition) is 1. The molecule has 1 unspecified atom stereocenters. The van der Waals surface area contributed by atoms with E-state index in [0.29, 0.717) is 11.8 Å². The number of thioether (sulfide) groups is 1. The van der Waals surface area contributed by atoms with Crippen LogP contribution in [0.2, 0.25) is 0 Å². The maximum Gasteiger partial charge on any atom is 0.316 e. The molecule has 1 heterocycles. The molecule has 1 fully saturated rings. The highest BCUT2D eigenvalue weighted by atomic mass is 32.2. The van der Waals surface area contributed by atoms with Crippen molar-refractivity contribution < 1.29 is 9.53 Å². The summed E-state index contributed by atoms with van der Waals surface area (Å²) in [6.45, 7) is 6.83. The maximum atomic E-state index is 11.4. The van der Waals surface area contributed by atoms with Gasteiger partial charge in [-0.05, 0) is 40.2 Å². The van der Waals surface area contributed by atoms with Gasteiger partial charge in [0.25, 0.3) is 0 Å². The third-order valence-electron chi connectivity index (χ3n) is 2.37. The SMILES string of the molecule is CC(C)(C)OC(=O)CSCC1CCCCN1. The van der Waals surface area contributed by atoms with E-state index >= 15 is 0 Å². The van der Waals surface area contributed by atoms with E-state index in [1.54, 1.807) is 11.8 Å². The molecule has 0 aromatic carbocycles. The third kappa shape index (κ3) is 6.38. The van der Waals surface area contributed by atoms with E-state index in [1.807, 2.05) is 20.8 Å². The number of carbonyl (C=O) groups is 1. The van der Waals surface area contributed by atoms with Gasteiger partial charge in [-0.3, -0.25) is 4.79 Å². The number of esters is 1. The van der Waals surface area contributed by atoms with Gasteiger partial charge < -0.3 is 10.1 Å². The van der Waals surface area contributed by atoms with Gasteiger partial charge in [0.15, 0.2) is 0 Å². The van der Waals surface area contributed by atoms with Crippen LogP contribution in [-0.2, 0) is 9.53 Å². The lowest BCUT2D eigenvalue weighted by Crippen LogP contribution is -2.36. The summed E-state index contributed by atoms with van der Waals surface area (Å²) in [6, 6.07) is 0.584. The highest BCUT2D eigenvalue weighted by molar-refractivity contribution is 7.99. The molecular formula is C12H23NO2S. The van der Waals surface area contributed by atoms with Gasteiger partial charge in [0.2, 0.25) is 0 Å². The highest BCUT2D eigenvalue weighted by Gasteiger charge is 2.17. The summed E-state index contributed by atoms with van der Waals surface area (Å²) in [5.74, 6) is 1.38. The van der Waals surface area contributed by atoms with Crippen molar-refractivity contribution in [3.05, 3.63) is 0 Å². The molecule has 0 aromatic rings. The van der Waals surface area contributed by atoms with Crippen LogP contribution < -0.4 is 5.32 Å². The third-order valence-corrected chi connectivity index (χ3v) is 3.45. The van der Waals surface area contributed by atoms with Gasteiger partial charge in [0.1, 0.15) is 5.60 Å². The molecular weight excluding hydrogens is 222 g/mol. The van der Waals surface area contributed by atoms with Crippen molar-refractivity contribution in [1.29, 1.82) is 0 Å². The fourth-order valence-electron chi connectivity index (χ4n) is 1.72. The Balaban J connectivity index is 2.08. The second kappa shape index (κ2) is 6.50. The zero-order valence-electron chi connectivity index (χ0n) is 10.5. The average molecular weight is 245 g/mol. The van der Waals surface area contributed by atoms with Crippen LogP contribution in [0.3, 0.4) is 0 Å². The van der Waals surface area contributed by atoms with Crippen molar-refractivity contribution in [3.63, 3.8) is 0 Å². The summed E-state index contributed by atoms with van der Waals surface area (Å²) in [6.07, 6.45) is 3.83. The first kappa shape index (κ1) is 13.8. The normalized spacial score (nSPS) is 21.8. The Hall–Kier alpha value is -0.220. The lowest BCUT2D eigenvalue weighted by Gasteiger charge is -2.23. The van der Waals surface area contributed by atoms with Crippen LogP contribution in [0.15, 0.2) is 0 Å². The van der Waals surface area contributed by atoms with E-state index in [0.717, 1.165) is 12.3 Å². The first-order valence-corrected chi connectivity index (χ1v) is 7.16. The number of rotatable bonds is 4. The summed E-state index contributed by atoms with van der Waals surface area (Å²) in [4.78, 5) is 11.4. The molecule has 0 saturated carbocycles. The largest absolute Gasteiger partial charge is 0.459 e. The van der Waals surface area contributed by atoms with E-state index in [1.165, 1.54) is 19.3 Å². The Labute approximate surface area is 103 Å². The molecule has 94 valence electrons. The predicted molar refractivity (Wildman–Crippen MR) is 68.8 cm³/mol. The Bertz CT molecular complexity index is 220. The predicted octanol–water partition coefficient (Wildman–Crippen LogP) is 2.20. The van der Waals surface area contributed by atoms with E-state index in [2.05, 4.69) is 5.32 Å². The quantitative estimate of drug-likeness (QED) is 0.771. The van der Waals surface area contributed by atoms with E-state index < -0.39 is 0 Å². The first-order chi connectivity index (χ1) is 7.47. The van der Waals surface area contributed by atoms with Gasteiger partial charge in [-0.1, -0.05) is 6.42 Å². The van der Waals surface area contributed by atoms with E-state index in [9.17, 15) is 4.79 Å². The van der Waals surface area contributed by atoms with Crippen LogP contribution in [0.1, 0.15) is 40.0 Å². The van der Waals surface area contributed by atoms with Crippen LogP contribution in [0.5, 0.6) is 0 Å². The molecule has 1 N–H and O–H groups in total. The summed E-state index contributed by atoms with van der Waals surface area (Å²) >= 11 is 1.67. The Kier molecular flexibility index (Phi) is 5.62. The van der Waals surface area contributed by atoms with Crippen molar-refractivity contribution in [2.75, 3.05) is 18.1 Å². The summed E-state index contributed by atoms with van der Waals surface area (Å²) in [5, 5.41) is 3.47. The van der Waals surface area contributed by atoms with Crippen molar-refractivity contribution >= 4 is 17.7 Å². The van der Waals surface area contributed by atoms with Crippen molar-refractivity contribution in [3.8, 4) is 0 Å². The van der Waals surface area contributed by atoms with Crippen molar-refractivity contribution in [2.24, 2.45) is 0 Å². The standard InChI is InChI=1S/C12H23NO2S/c1-12(2,3)15-11(14)9-16-8-10-6-4-5-7-13-10/h10,13H,4-9H2,1-3H3. The van der Waals surface area contributed by atoms with Crippen LogP contribution in [0.4, 0.5) is 0 Å². The van der Waals surface area contributed by atoms with E-state index in [4.69, 9.17) is 4.74 Å². The van der Waals surface area contributed by atoms with Gasteiger partial charge in [-0.25, -0.2) is 0 Å². The Morgan fingerprint density at radius 1 is 1.44 bits per heavy atom. The topological polar surface area (TPSA) is 38.3 Å². The molecule has 0 amide bonds. The molecule has 0 radical (unpaired) electrons. The molecule has 1 aliphatic heterocycles. The average Bonchev–Trinajstić information content (AvgIpc) is 2.16. The fourth-order valence-corrected chi connectivity index (χ4v) is 2.63. The molecule has 3 nitrogen and oxygen atoms in total. The van der Waals surface area contributed by atoms with Crippen LogP contribution in [0, 0.1) is 0 Å². The molecule has 0 aliphatic carbocycles. The number of carbonyl (C=O) groups excluding carboxylic acids is 1. The summed E-state index contributed by atoms with van der Waals surface area (Å²) in [5.41, 5.74) is -0.360. The molecule has 0 bridgehead atoms. The summed E-state index contributed by atoms with van der Waals surface area (Å²) in [7, 11) is 0. The molecule has 1 atom stereocenters. The van der Waals surface area contributed by atoms with Gasteiger partial charge in [-0.2, -0.15) is 0 Å². The molecule has 1 aliphatic rings. The van der Waals surface area contributed by atoms with Gasteiger partial charge in [0.05, 0.1) is 5.75 Å². The Morgan fingerprint density at radius 3 is 2.75 bits per heavy atom. The Morgan fingerprint density at radius 2 is 2.19 bits per heavy atom. The maximum absolute atomic E-state index is 11.4. The van der Waals surface area contributed by atoms with Crippen molar-refractivity contribution in [1.82, 2.24) is 5.32 Å². The number of piperidine rings is 1. The smallest absolute Gasteiger partial charge is 0.316 e. The minimum Gasteiger partial charge on any atom is -0.459 e. The second-order valence-corrected chi connectivity index (χ2v) is 6.28. The van der Waals surface area contributed by atoms with Crippen LogP contribution >= 0.6 is 11.8 Å². The van der Waals surface area contributed by atoms with Gasteiger partial charge in [-0.15, -0.1) is 11.8 Å². The van der Waals surface area contributed by atoms with Crippen LogP contribution in [-0.4, -0.2) is 35.7 Å². The highest BCUT2D eigenvalue weighted by Crippen LogP contribution is 2.14.